The lowest BCUT2D eigenvalue weighted by atomic mass is 9.86. The topological polar surface area (TPSA) is 56.1 Å². The molecule has 0 N–H and O–H groups in total. The second kappa shape index (κ2) is 10.1. The number of sulfone groups is 1. The molecule has 0 radical (unpaired) electrons. The van der Waals surface area contributed by atoms with Crippen molar-refractivity contribution in [1.82, 2.24) is 4.57 Å². The second-order valence-electron chi connectivity index (χ2n) is 8.68. The molecule has 178 valence electrons. The molecule has 4 rings (SSSR count). The van der Waals surface area contributed by atoms with Crippen LogP contribution in [0.15, 0.2) is 59.5 Å². The SMILES string of the molecule is CCS(=O)(=O)Cc1ccc2c(c1)-c1cn(C)c(=O)cc1CCCC/C=C\2c1c(Cl)cccc1Cl. The first-order chi connectivity index (χ1) is 16.2. The Morgan fingerprint density at radius 1 is 0.971 bits per heavy atom. The van der Waals surface area contributed by atoms with Crippen LogP contribution in [0.3, 0.4) is 0 Å². The number of hydrogen-bond donors (Lipinski definition) is 0. The maximum absolute atomic E-state index is 12.5. The number of rotatable bonds is 4. The largest absolute Gasteiger partial charge is 0.318 e. The molecule has 3 aromatic rings. The number of nitrogens with zero attached hydrogens (tertiary/aromatic N) is 1. The minimum Gasteiger partial charge on any atom is -0.318 e. The van der Waals surface area contributed by atoms with Crippen LogP contribution in [0.5, 0.6) is 0 Å². The number of benzene rings is 2. The Balaban J connectivity index is 2.04. The molecular weight excluding hydrogens is 489 g/mol. The Hall–Kier alpha value is -2.34. The van der Waals surface area contributed by atoms with E-state index in [4.69, 9.17) is 23.2 Å². The highest BCUT2D eigenvalue weighted by molar-refractivity contribution is 7.90. The van der Waals surface area contributed by atoms with Crippen LogP contribution >= 0.6 is 23.2 Å². The highest BCUT2D eigenvalue weighted by Crippen LogP contribution is 2.41. The first-order valence-corrected chi connectivity index (χ1v) is 14.0. The Bertz CT molecular complexity index is 1420. The Labute approximate surface area is 210 Å². The van der Waals surface area contributed by atoms with E-state index in [1.54, 1.807) is 24.6 Å². The van der Waals surface area contributed by atoms with Crippen molar-refractivity contribution in [1.29, 1.82) is 0 Å². The minimum atomic E-state index is -3.21. The van der Waals surface area contributed by atoms with Crippen LogP contribution in [-0.2, 0) is 29.1 Å². The summed E-state index contributed by atoms with van der Waals surface area (Å²) < 4.78 is 26.3. The molecule has 34 heavy (non-hydrogen) atoms. The van der Waals surface area contributed by atoms with Gasteiger partial charge < -0.3 is 4.57 Å². The van der Waals surface area contributed by atoms with Crippen LogP contribution in [0.1, 0.15) is 48.4 Å². The van der Waals surface area contributed by atoms with Crippen molar-refractivity contribution in [3.63, 3.8) is 0 Å². The van der Waals surface area contributed by atoms with Crippen molar-refractivity contribution in [2.75, 3.05) is 5.75 Å². The fourth-order valence-electron chi connectivity index (χ4n) is 4.42. The monoisotopic (exact) mass is 515 g/mol. The molecule has 0 aliphatic heterocycles. The second-order valence-corrected chi connectivity index (χ2v) is 11.8. The van der Waals surface area contributed by atoms with Gasteiger partial charge in [0.1, 0.15) is 0 Å². The third-order valence-electron chi connectivity index (χ3n) is 6.29. The molecule has 0 unspecified atom stereocenters. The van der Waals surface area contributed by atoms with Gasteiger partial charge in [0.2, 0.25) is 0 Å². The van der Waals surface area contributed by atoms with Gasteiger partial charge >= 0.3 is 0 Å². The van der Waals surface area contributed by atoms with E-state index < -0.39 is 9.84 Å². The summed E-state index contributed by atoms with van der Waals surface area (Å²) >= 11 is 13.3. The van der Waals surface area contributed by atoms with E-state index in [1.165, 1.54) is 0 Å². The summed E-state index contributed by atoms with van der Waals surface area (Å²) in [5, 5.41) is 1.11. The molecule has 0 atom stereocenters. The average Bonchev–Trinajstić information content (AvgIpc) is 2.79. The lowest BCUT2D eigenvalue weighted by Gasteiger charge is -2.21. The summed E-state index contributed by atoms with van der Waals surface area (Å²) in [7, 11) is -1.48. The predicted octanol–water partition coefficient (Wildman–Crippen LogP) is 6.45. The summed E-state index contributed by atoms with van der Waals surface area (Å²) in [4.78, 5) is 12.5. The molecule has 1 aliphatic carbocycles. The first kappa shape index (κ1) is 24.8. The van der Waals surface area contributed by atoms with Crippen molar-refractivity contribution in [3.8, 4) is 11.1 Å². The quantitative estimate of drug-likeness (QED) is 0.400. The standard InChI is InChI=1S/C27H27Cl2NO3S/c1-3-34(32,33)17-18-12-13-20-21(27-24(28)10-7-11-25(27)29)9-6-4-5-8-19-15-26(31)30(2)16-23(19)22(20)14-18/h7,9-16H,3-6,8,17H2,1-2H3/b21-9+. The van der Waals surface area contributed by atoms with Gasteiger partial charge in [0.25, 0.3) is 5.56 Å². The predicted molar refractivity (Wildman–Crippen MR) is 141 cm³/mol. The van der Waals surface area contributed by atoms with Crippen LogP contribution in [0.2, 0.25) is 10.0 Å². The average molecular weight is 516 g/mol. The van der Waals surface area contributed by atoms with E-state index >= 15 is 0 Å². The van der Waals surface area contributed by atoms with Crippen LogP contribution in [0.4, 0.5) is 0 Å². The summed E-state index contributed by atoms with van der Waals surface area (Å²) in [5.74, 6) is 0.0410. The number of allylic oxidation sites excluding steroid dienone is 1. The van der Waals surface area contributed by atoms with Gasteiger partial charge in [-0.25, -0.2) is 8.42 Å². The highest BCUT2D eigenvalue weighted by atomic mass is 35.5. The fraction of sp³-hybridized carbons (Fsp3) is 0.296. The molecule has 1 aromatic heterocycles. The van der Waals surface area contributed by atoms with Crippen LogP contribution < -0.4 is 5.56 Å². The molecule has 0 saturated carbocycles. The molecular formula is C27H27Cl2NO3S. The van der Waals surface area contributed by atoms with E-state index in [-0.39, 0.29) is 17.1 Å². The maximum Gasteiger partial charge on any atom is 0.250 e. The van der Waals surface area contributed by atoms with Gasteiger partial charge in [0, 0.05) is 46.2 Å². The van der Waals surface area contributed by atoms with Gasteiger partial charge in [-0.1, -0.05) is 54.4 Å². The van der Waals surface area contributed by atoms with Crippen LogP contribution in [-0.4, -0.2) is 18.7 Å². The summed E-state index contributed by atoms with van der Waals surface area (Å²) in [6, 6.07) is 12.9. The van der Waals surface area contributed by atoms with Gasteiger partial charge in [-0.15, -0.1) is 0 Å². The lowest BCUT2D eigenvalue weighted by molar-refractivity contribution is 0.596. The Morgan fingerprint density at radius 3 is 2.41 bits per heavy atom. The van der Waals surface area contributed by atoms with Crippen molar-refractivity contribution >= 4 is 38.6 Å². The van der Waals surface area contributed by atoms with Gasteiger partial charge in [-0.3, -0.25) is 4.79 Å². The van der Waals surface area contributed by atoms with Crippen molar-refractivity contribution in [3.05, 3.63) is 97.4 Å². The Kier molecular flexibility index (Phi) is 7.36. The van der Waals surface area contributed by atoms with Crippen LogP contribution in [0.25, 0.3) is 16.7 Å². The molecule has 1 heterocycles. The number of pyridine rings is 1. The van der Waals surface area contributed by atoms with E-state index in [0.717, 1.165) is 59.1 Å². The van der Waals surface area contributed by atoms with Crippen molar-refractivity contribution in [2.45, 2.75) is 38.4 Å². The van der Waals surface area contributed by atoms with Crippen LogP contribution in [0, 0.1) is 0 Å². The van der Waals surface area contributed by atoms with Gasteiger partial charge in [-0.2, -0.15) is 0 Å². The summed E-state index contributed by atoms with van der Waals surface area (Å²) in [6.45, 7) is 1.65. The molecule has 7 heteroatoms. The number of hydrogen-bond acceptors (Lipinski definition) is 3. The zero-order chi connectivity index (χ0) is 24.5. The van der Waals surface area contributed by atoms with E-state index in [1.807, 2.05) is 42.6 Å². The lowest BCUT2D eigenvalue weighted by Crippen LogP contribution is -2.17. The fourth-order valence-corrected chi connectivity index (χ4v) is 5.91. The molecule has 0 saturated heterocycles. The molecule has 0 fully saturated rings. The van der Waals surface area contributed by atoms with Gasteiger partial charge in [-0.05, 0) is 71.7 Å². The zero-order valence-corrected chi connectivity index (χ0v) is 21.6. The normalized spacial score (nSPS) is 15.7. The molecule has 0 spiro atoms. The number of aromatic nitrogens is 1. The number of aryl methyl sites for hydroxylation is 2. The van der Waals surface area contributed by atoms with E-state index in [2.05, 4.69) is 6.08 Å². The number of fused-ring (bicyclic) bond motifs is 3. The Morgan fingerprint density at radius 2 is 1.71 bits per heavy atom. The summed E-state index contributed by atoms with van der Waals surface area (Å²) in [5.41, 5.74) is 5.99. The van der Waals surface area contributed by atoms with Crippen molar-refractivity contribution in [2.24, 2.45) is 7.05 Å². The minimum absolute atomic E-state index is 0.0379. The van der Waals surface area contributed by atoms with Crippen molar-refractivity contribution < 1.29 is 8.42 Å². The highest BCUT2D eigenvalue weighted by Gasteiger charge is 2.21. The van der Waals surface area contributed by atoms with Gasteiger partial charge in [0.05, 0.1) is 5.75 Å². The van der Waals surface area contributed by atoms with E-state index in [9.17, 15) is 13.2 Å². The molecule has 2 aromatic carbocycles. The van der Waals surface area contributed by atoms with Gasteiger partial charge in [0.15, 0.2) is 9.84 Å². The molecule has 1 aliphatic rings. The maximum atomic E-state index is 12.5. The smallest absolute Gasteiger partial charge is 0.250 e. The molecule has 0 amide bonds. The molecule has 0 bridgehead atoms. The third-order valence-corrected chi connectivity index (χ3v) is 8.57. The first-order valence-electron chi connectivity index (χ1n) is 11.4. The summed E-state index contributed by atoms with van der Waals surface area (Å²) in [6.07, 6.45) is 7.52. The van der Waals surface area contributed by atoms with E-state index in [0.29, 0.717) is 15.6 Å². The molecule has 4 nitrogen and oxygen atoms in total. The number of halogens is 2. The zero-order valence-electron chi connectivity index (χ0n) is 19.3. The third kappa shape index (κ3) is 5.17.